The zero-order chi connectivity index (χ0) is 22.0. The molecule has 7 heteroatoms. The molecule has 174 valence electrons. The summed E-state index contributed by atoms with van der Waals surface area (Å²) in [7, 11) is 0. The van der Waals surface area contributed by atoms with E-state index in [1.807, 2.05) is 0 Å². The second-order valence-electron chi connectivity index (χ2n) is 8.17. The van der Waals surface area contributed by atoms with Crippen molar-refractivity contribution < 1.29 is 19.4 Å². The van der Waals surface area contributed by atoms with E-state index in [-0.39, 0.29) is 31.4 Å². The molecule has 0 aromatic heterocycles. The van der Waals surface area contributed by atoms with Gasteiger partial charge in [0.1, 0.15) is 0 Å². The number of nitrogens with one attached hydrogen (secondary N) is 1. The van der Waals surface area contributed by atoms with Gasteiger partial charge in [-0.05, 0) is 22.4 Å². The third-order valence-electron chi connectivity index (χ3n) is 5.45. The summed E-state index contributed by atoms with van der Waals surface area (Å²) in [6, 6.07) is -0.407. The highest BCUT2D eigenvalue weighted by Gasteiger charge is 2.23. The third-order valence-corrected chi connectivity index (χ3v) is 6.07. The van der Waals surface area contributed by atoms with Gasteiger partial charge in [0.25, 0.3) is 0 Å². The fraction of sp³-hybridized carbons (Fsp3) is 0.826. The van der Waals surface area contributed by atoms with Gasteiger partial charge < -0.3 is 14.7 Å². The maximum atomic E-state index is 11.8. The van der Waals surface area contributed by atoms with Gasteiger partial charge in [-0.25, -0.2) is 4.79 Å². The predicted molar refractivity (Wildman–Crippen MR) is 125 cm³/mol. The Balaban J connectivity index is 1.86. The Kier molecular flexibility index (Phi) is 15.6. The number of rotatable bonds is 18. The van der Waals surface area contributed by atoms with Crippen LogP contribution in [-0.2, 0) is 9.53 Å². The van der Waals surface area contributed by atoms with Crippen molar-refractivity contribution in [3.8, 4) is 0 Å². The normalized spacial score (nSPS) is 14.2. The van der Waals surface area contributed by atoms with E-state index < -0.39 is 6.03 Å². The smallest absolute Gasteiger partial charge is 0.324 e. The topological polar surface area (TPSA) is 78.9 Å². The number of unbranched alkanes of at least 4 members (excludes halogenated alkanes) is 13. The SMILES string of the molecule is CCCCCCCCCCCCCCCCOC(=O)CCN1CC(Br)=C(O)NC1=O. The summed E-state index contributed by atoms with van der Waals surface area (Å²) in [5.41, 5.74) is 0. The third kappa shape index (κ3) is 13.1. The second kappa shape index (κ2) is 17.4. The molecule has 0 spiro atoms. The molecule has 1 rings (SSSR count). The van der Waals surface area contributed by atoms with Gasteiger partial charge in [0.15, 0.2) is 0 Å². The molecule has 0 fully saturated rings. The summed E-state index contributed by atoms with van der Waals surface area (Å²) >= 11 is 3.19. The first-order chi connectivity index (χ1) is 14.5. The number of halogens is 1. The van der Waals surface area contributed by atoms with Gasteiger partial charge in [-0.15, -0.1) is 0 Å². The largest absolute Gasteiger partial charge is 0.494 e. The molecular weight excluding hydrogens is 448 g/mol. The molecule has 1 heterocycles. The van der Waals surface area contributed by atoms with Gasteiger partial charge in [-0.3, -0.25) is 10.1 Å². The van der Waals surface area contributed by atoms with Crippen LogP contribution in [0.25, 0.3) is 0 Å². The molecule has 0 unspecified atom stereocenters. The van der Waals surface area contributed by atoms with E-state index in [1.165, 1.54) is 81.9 Å². The number of nitrogens with zero attached hydrogens (tertiary/aromatic N) is 1. The van der Waals surface area contributed by atoms with E-state index in [1.54, 1.807) is 0 Å². The molecule has 2 amide bonds. The Morgan fingerprint density at radius 3 is 2.00 bits per heavy atom. The number of carbonyl (C=O) groups excluding carboxylic acids is 2. The number of ether oxygens (including phenoxy) is 1. The van der Waals surface area contributed by atoms with Gasteiger partial charge in [-0.2, -0.15) is 0 Å². The highest BCUT2D eigenvalue weighted by molar-refractivity contribution is 9.11. The molecule has 0 saturated heterocycles. The van der Waals surface area contributed by atoms with Crippen LogP contribution in [-0.4, -0.2) is 41.7 Å². The number of aliphatic hydroxyl groups is 1. The Labute approximate surface area is 190 Å². The summed E-state index contributed by atoms with van der Waals surface area (Å²) < 4.78 is 5.75. The van der Waals surface area contributed by atoms with E-state index in [2.05, 4.69) is 28.2 Å². The van der Waals surface area contributed by atoms with Crippen LogP contribution in [0, 0.1) is 0 Å². The first-order valence-electron chi connectivity index (χ1n) is 11.8. The van der Waals surface area contributed by atoms with E-state index in [9.17, 15) is 14.7 Å². The number of urea groups is 1. The van der Waals surface area contributed by atoms with Crippen LogP contribution in [0.1, 0.15) is 103 Å². The molecule has 0 atom stereocenters. The number of hydrogen-bond donors (Lipinski definition) is 2. The first kappa shape index (κ1) is 26.8. The van der Waals surface area contributed by atoms with Crippen molar-refractivity contribution >= 4 is 27.9 Å². The fourth-order valence-corrected chi connectivity index (χ4v) is 3.93. The van der Waals surface area contributed by atoms with Gasteiger partial charge in [0.05, 0.1) is 24.1 Å². The lowest BCUT2D eigenvalue weighted by Crippen LogP contribution is -2.45. The lowest BCUT2D eigenvalue weighted by atomic mass is 10.0. The average molecular weight is 489 g/mol. The van der Waals surface area contributed by atoms with Crippen LogP contribution in [0.3, 0.4) is 0 Å². The van der Waals surface area contributed by atoms with Gasteiger partial charge in [0, 0.05) is 6.54 Å². The first-order valence-corrected chi connectivity index (χ1v) is 12.6. The summed E-state index contributed by atoms with van der Waals surface area (Å²) in [4.78, 5) is 25.0. The minimum atomic E-state index is -0.407. The molecule has 2 N–H and O–H groups in total. The van der Waals surface area contributed by atoms with Crippen molar-refractivity contribution in [2.24, 2.45) is 0 Å². The summed E-state index contributed by atoms with van der Waals surface area (Å²) in [6.45, 7) is 3.24. The Bertz CT molecular complexity index is 525. The Morgan fingerprint density at radius 1 is 0.967 bits per heavy atom. The van der Waals surface area contributed by atoms with Gasteiger partial charge in [0.2, 0.25) is 5.88 Å². The number of esters is 1. The van der Waals surface area contributed by atoms with Gasteiger partial charge >= 0.3 is 12.0 Å². The summed E-state index contributed by atoms with van der Waals surface area (Å²) in [5.74, 6) is -0.455. The highest BCUT2D eigenvalue weighted by Crippen LogP contribution is 2.16. The Hall–Kier alpha value is -1.24. The van der Waals surface area contributed by atoms with E-state index in [0.29, 0.717) is 11.1 Å². The second-order valence-corrected chi connectivity index (χ2v) is 9.13. The highest BCUT2D eigenvalue weighted by atomic mass is 79.9. The zero-order valence-electron chi connectivity index (χ0n) is 18.7. The van der Waals surface area contributed by atoms with Crippen molar-refractivity contribution in [3.63, 3.8) is 0 Å². The van der Waals surface area contributed by atoms with Crippen molar-refractivity contribution in [2.45, 2.75) is 103 Å². The van der Waals surface area contributed by atoms with Crippen LogP contribution in [0.5, 0.6) is 0 Å². The van der Waals surface area contributed by atoms with Crippen LogP contribution in [0.4, 0.5) is 4.79 Å². The molecule has 1 aliphatic heterocycles. The average Bonchev–Trinajstić information content (AvgIpc) is 2.72. The molecule has 0 aromatic carbocycles. The molecule has 0 aromatic rings. The molecule has 0 bridgehead atoms. The summed E-state index contributed by atoms with van der Waals surface area (Å²) in [6.07, 6.45) is 18.4. The molecule has 1 aliphatic rings. The fourth-order valence-electron chi connectivity index (χ4n) is 3.52. The van der Waals surface area contributed by atoms with E-state index in [0.717, 1.165) is 12.8 Å². The number of hydrogen-bond acceptors (Lipinski definition) is 4. The van der Waals surface area contributed by atoms with Gasteiger partial charge in [-0.1, -0.05) is 90.4 Å². The monoisotopic (exact) mass is 488 g/mol. The van der Waals surface area contributed by atoms with Crippen molar-refractivity contribution in [1.82, 2.24) is 10.2 Å². The maximum absolute atomic E-state index is 11.8. The molecule has 30 heavy (non-hydrogen) atoms. The quantitative estimate of drug-likeness (QED) is 0.169. The van der Waals surface area contributed by atoms with E-state index in [4.69, 9.17) is 4.74 Å². The maximum Gasteiger partial charge on any atom is 0.324 e. The molecular formula is C23H41BrN2O4. The minimum absolute atomic E-state index is 0.160. The zero-order valence-corrected chi connectivity index (χ0v) is 20.3. The lowest BCUT2D eigenvalue weighted by molar-refractivity contribution is -0.143. The van der Waals surface area contributed by atoms with Crippen molar-refractivity contribution in [1.29, 1.82) is 0 Å². The van der Waals surface area contributed by atoms with Crippen LogP contribution < -0.4 is 5.32 Å². The molecule has 0 radical (unpaired) electrons. The van der Waals surface area contributed by atoms with E-state index >= 15 is 0 Å². The minimum Gasteiger partial charge on any atom is -0.494 e. The Morgan fingerprint density at radius 2 is 1.47 bits per heavy atom. The van der Waals surface area contributed by atoms with Crippen LogP contribution >= 0.6 is 15.9 Å². The predicted octanol–water partition coefficient (Wildman–Crippen LogP) is 6.55. The van der Waals surface area contributed by atoms with Crippen LogP contribution in [0.15, 0.2) is 10.4 Å². The lowest BCUT2D eigenvalue weighted by Gasteiger charge is -2.26. The number of amides is 2. The van der Waals surface area contributed by atoms with Crippen molar-refractivity contribution in [2.75, 3.05) is 19.7 Å². The number of aliphatic hydroxyl groups excluding tert-OH is 1. The molecule has 6 nitrogen and oxygen atoms in total. The molecule has 0 aliphatic carbocycles. The van der Waals surface area contributed by atoms with Crippen LogP contribution in [0.2, 0.25) is 0 Å². The van der Waals surface area contributed by atoms with Crippen molar-refractivity contribution in [3.05, 3.63) is 10.4 Å². The summed E-state index contributed by atoms with van der Waals surface area (Å²) in [5, 5.41) is 11.8. The standard InChI is InChI=1S/C23H41BrN2O4/c1-2-3-4-5-6-7-8-9-10-11-12-13-14-15-18-30-21(27)16-17-26-19-20(24)22(28)25-23(26)29/h28H,2-19H2,1H3,(H,25,29). The number of carbonyl (C=O) groups is 2. The molecule has 0 saturated carbocycles.